The molecule has 0 saturated carbocycles. The van der Waals surface area contributed by atoms with E-state index in [1.165, 1.54) is 22.3 Å². The van der Waals surface area contributed by atoms with E-state index in [4.69, 9.17) is 0 Å². The molecular formula is C30H30OS3. The maximum Gasteiger partial charge on any atom is 0.123 e. The lowest BCUT2D eigenvalue weighted by Gasteiger charge is -2.14. The van der Waals surface area contributed by atoms with E-state index in [9.17, 15) is 5.11 Å². The Morgan fingerprint density at radius 2 is 0.735 bits per heavy atom. The Bertz CT molecular complexity index is 1070. The van der Waals surface area contributed by atoms with E-state index in [1.807, 2.05) is 35.3 Å². The maximum atomic E-state index is 11.1. The molecule has 34 heavy (non-hydrogen) atoms. The molecule has 4 aromatic rings. The van der Waals surface area contributed by atoms with E-state index in [-0.39, 0.29) is 0 Å². The molecule has 0 amide bonds. The van der Waals surface area contributed by atoms with Crippen LogP contribution in [-0.2, 0) is 34.5 Å². The summed E-state index contributed by atoms with van der Waals surface area (Å²) in [6.07, 6.45) is 0. The lowest BCUT2D eigenvalue weighted by atomic mass is 10.1. The lowest BCUT2D eigenvalue weighted by Crippen LogP contribution is -1.95. The first-order valence-corrected chi connectivity index (χ1v) is 14.9. The van der Waals surface area contributed by atoms with Gasteiger partial charge in [-0.3, -0.25) is 0 Å². The maximum absolute atomic E-state index is 11.1. The summed E-state index contributed by atoms with van der Waals surface area (Å²) >= 11 is 5.65. The first kappa shape index (κ1) is 24.8. The van der Waals surface area contributed by atoms with Gasteiger partial charge in [-0.05, 0) is 22.3 Å². The number of phenolic OH excluding ortho intramolecular Hbond substituents is 1. The van der Waals surface area contributed by atoms with Gasteiger partial charge < -0.3 is 5.11 Å². The van der Waals surface area contributed by atoms with Crippen LogP contribution in [0.15, 0.2) is 103 Å². The Balaban J connectivity index is 1.42. The predicted octanol–water partition coefficient (Wildman–Crippen LogP) is 8.69. The number of benzene rings is 4. The quantitative estimate of drug-likeness (QED) is 0.209. The Morgan fingerprint density at radius 1 is 0.412 bits per heavy atom. The van der Waals surface area contributed by atoms with E-state index in [1.54, 1.807) is 0 Å². The molecule has 0 bridgehead atoms. The number of phenols is 1. The zero-order valence-corrected chi connectivity index (χ0v) is 21.7. The minimum atomic E-state index is 0.470. The number of hydrogen-bond acceptors (Lipinski definition) is 4. The van der Waals surface area contributed by atoms with Crippen LogP contribution < -0.4 is 0 Å². The van der Waals surface area contributed by atoms with Gasteiger partial charge in [0.2, 0.25) is 0 Å². The molecule has 0 aliphatic rings. The normalized spacial score (nSPS) is 10.9. The topological polar surface area (TPSA) is 20.2 Å². The molecular weight excluding hydrogens is 473 g/mol. The van der Waals surface area contributed by atoms with Crippen LogP contribution in [0.2, 0.25) is 0 Å². The van der Waals surface area contributed by atoms with Crippen LogP contribution in [0.5, 0.6) is 5.75 Å². The second-order valence-corrected chi connectivity index (χ2v) is 11.2. The van der Waals surface area contributed by atoms with Gasteiger partial charge >= 0.3 is 0 Å². The molecule has 0 fully saturated rings. The van der Waals surface area contributed by atoms with Crippen molar-refractivity contribution in [2.45, 2.75) is 34.5 Å². The van der Waals surface area contributed by atoms with Crippen LogP contribution in [0.1, 0.15) is 33.4 Å². The minimum Gasteiger partial charge on any atom is -0.507 e. The zero-order valence-electron chi connectivity index (χ0n) is 19.2. The second-order valence-electron chi connectivity index (χ2n) is 8.20. The van der Waals surface area contributed by atoms with E-state index < -0.39 is 0 Å². The molecule has 0 saturated heterocycles. The summed E-state index contributed by atoms with van der Waals surface area (Å²) in [5, 5.41) is 11.1. The Kier molecular flexibility index (Phi) is 9.92. The van der Waals surface area contributed by atoms with E-state index in [2.05, 4.69) is 103 Å². The van der Waals surface area contributed by atoms with Gasteiger partial charge in [0.25, 0.3) is 0 Å². The van der Waals surface area contributed by atoms with Gasteiger partial charge in [-0.15, -0.1) is 0 Å². The summed E-state index contributed by atoms with van der Waals surface area (Å²) in [5.41, 5.74) is 7.39. The Labute approximate surface area is 216 Å². The molecule has 0 atom stereocenters. The summed E-state index contributed by atoms with van der Waals surface area (Å²) in [7, 11) is 0. The van der Waals surface area contributed by atoms with Crippen molar-refractivity contribution >= 4 is 35.3 Å². The SMILES string of the molecule is Oc1c(CSCc2ccccc2)cc(CSCc2ccccc2)cc1CSCc1ccccc1. The standard InChI is InChI=1S/C30H30OS3/c31-30-28(22-33-19-25-12-6-2-7-13-25)16-27(21-32-18-24-10-4-1-5-11-24)17-29(30)23-34-20-26-14-8-3-9-15-26/h1-17,31H,18-23H2. The van der Waals surface area contributed by atoms with Crippen molar-refractivity contribution in [3.63, 3.8) is 0 Å². The summed E-state index contributed by atoms with van der Waals surface area (Å²) in [6, 6.07) is 36.1. The van der Waals surface area contributed by atoms with E-state index in [0.717, 1.165) is 45.6 Å². The highest BCUT2D eigenvalue weighted by molar-refractivity contribution is 7.98. The van der Waals surface area contributed by atoms with Crippen molar-refractivity contribution in [1.82, 2.24) is 0 Å². The largest absolute Gasteiger partial charge is 0.507 e. The number of rotatable bonds is 12. The molecule has 0 radical (unpaired) electrons. The number of thioether (sulfide) groups is 3. The molecule has 174 valence electrons. The summed E-state index contributed by atoms with van der Waals surface area (Å²) in [4.78, 5) is 0. The van der Waals surface area contributed by atoms with Crippen molar-refractivity contribution in [3.8, 4) is 5.75 Å². The van der Waals surface area contributed by atoms with E-state index >= 15 is 0 Å². The smallest absolute Gasteiger partial charge is 0.123 e. The first-order valence-electron chi connectivity index (χ1n) is 11.5. The molecule has 0 aliphatic heterocycles. The highest BCUT2D eigenvalue weighted by Gasteiger charge is 2.11. The molecule has 4 aromatic carbocycles. The fourth-order valence-electron chi connectivity index (χ4n) is 3.70. The third-order valence-electron chi connectivity index (χ3n) is 5.45. The molecule has 4 heteroatoms. The lowest BCUT2D eigenvalue weighted by molar-refractivity contribution is 0.465. The summed E-state index contributed by atoms with van der Waals surface area (Å²) < 4.78 is 0. The minimum absolute atomic E-state index is 0.470. The van der Waals surface area contributed by atoms with Gasteiger partial charge in [0, 0.05) is 45.6 Å². The van der Waals surface area contributed by atoms with Crippen LogP contribution in [0.4, 0.5) is 0 Å². The Hall–Kier alpha value is -2.27. The van der Waals surface area contributed by atoms with Gasteiger partial charge in [0.05, 0.1) is 0 Å². The van der Waals surface area contributed by atoms with Gasteiger partial charge in [0.15, 0.2) is 0 Å². The second kappa shape index (κ2) is 13.6. The van der Waals surface area contributed by atoms with Gasteiger partial charge in [-0.25, -0.2) is 0 Å². The average Bonchev–Trinajstić information content (AvgIpc) is 2.88. The van der Waals surface area contributed by atoms with Crippen molar-refractivity contribution in [2.24, 2.45) is 0 Å². The van der Waals surface area contributed by atoms with Crippen LogP contribution in [0, 0.1) is 0 Å². The van der Waals surface area contributed by atoms with Crippen LogP contribution >= 0.6 is 35.3 Å². The monoisotopic (exact) mass is 502 g/mol. The third-order valence-corrected chi connectivity index (χ3v) is 8.63. The molecule has 0 spiro atoms. The van der Waals surface area contributed by atoms with Crippen LogP contribution in [-0.4, -0.2) is 5.11 Å². The highest BCUT2D eigenvalue weighted by Crippen LogP contribution is 2.34. The fraction of sp³-hybridized carbons (Fsp3) is 0.200. The molecule has 1 nitrogen and oxygen atoms in total. The fourth-order valence-corrected chi connectivity index (χ4v) is 6.58. The van der Waals surface area contributed by atoms with Crippen molar-refractivity contribution in [2.75, 3.05) is 0 Å². The van der Waals surface area contributed by atoms with Gasteiger partial charge in [-0.2, -0.15) is 35.3 Å². The molecule has 4 rings (SSSR count). The highest BCUT2D eigenvalue weighted by atomic mass is 32.2. The van der Waals surface area contributed by atoms with Gasteiger partial charge in [-0.1, -0.05) is 103 Å². The van der Waals surface area contributed by atoms with Crippen LogP contribution in [0.25, 0.3) is 0 Å². The third kappa shape index (κ3) is 7.90. The predicted molar refractivity (Wildman–Crippen MR) is 152 cm³/mol. The Morgan fingerprint density at radius 3 is 1.12 bits per heavy atom. The van der Waals surface area contributed by atoms with E-state index in [0.29, 0.717) is 5.75 Å². The van der Waals surface area contributed by atoms with Crippen LogP contribution in [0.3, 0.4) is 0 Å². The van der Waals surface area contributed by atoms with Crippen molar-refractivity contribution in [1.29, 1.82) is 0 Å². The zero-order chi connectivity index (χ0) is 23.4. The van der Waals surface area contributed by atoms with Crippen molar-refractivity contribution in [3.05, 3.63) is 137 Å². The molecule has 0 heterocycles. The summed E-state index contributed by atoms with van der Waals surface area (Å²) in [6.45, 7) is 0. The van der Waals surface area contributed by atoms with Crippen molar-refractivity contribution < 1.29 is 5.11 Å². The number of aromatic hydroxyl groups is 1. The summed E-state index contributed by atoms with van der Waals surface area (Å²) in [5.74, 6) is 5.94. The van der Waals surface area contributed by atoms with Gasteiger partial charge in [0.1, 0.15) is 5.75 Å². The average molecular weight is 503 g/mol. The molecule has 0 aliphatic carbocycles. The number of hydrogen-bond donors (Lipinski definition) is 1. The first-order chi connectivity index (χ1) is 16.8. The molecule has 0 aromatic heterocycles. The molecule has 1 N–H and O–H groups in total. The molecule has 0 unspecified atom stereocenters.